The molecule has 0 saturated carbocycles. The fourth-order valence-electron chi connectivity index (χ4n) is 2.81. The number of anilines is 1. The SMILES string of the molecule is COCOc1ccccc1-c1cc(-c2cccc(CO)c2)c(C#N)c(N)n1. The highest BCUT2D eigenvalue weighted by atomic mass is 16.7. The van der Waals surface area contributed by atoms with E-state index in [9.17, 15) is 10.4 Å². The van der Waals surface area contributed by atoms with Gasteiger partial charge in [-0.25, -0.2) is 4.98 Å². The molecule has 27 heavy (non-hydrogen) atoms. The number of hydrogen-bond acceptors (Lipinski definition) is 6. The summed E-state index contributed by atoms with van der Waals surface area (Å²) in [6.07, 6.45) is 0. The molecule has 0 fully saturated rings. The van der Waals surface area contributed by atoms with Crippen LogP contribution in [0.1, 0.15) is 11.1 Å². The Labute approximate surface area is 157 Å². The summed E-state index contributed by atoms with van der Waals surface area (Å²) < 4.78 is 10.6. The minimum atomic E-state index is -0.0865. The maximum atomic E-state index is 9.56. The molecule has 0 saturated heterocycles. The van der Waals surface area contributed by atoms with Crippen molar-refractivity contribution in [1.29, 1.82) is 5.26 Å². The van der Waals surface area contributed by atoms with Crippen LogP contribution in [0, 0.1) is 11.3 Å². The van der Waals surface area contributed by atoms with Crippen molar-refractivity contribution in [3.8, 4) is 34.2 Å². The number of aromatic nitrogens is 1. The Balaban J connectivity index is 2.17. The van der Waals surface area contributed by atoms with Gasteiger partial charge in [0, 0.05) is 18.2 Å². The summed E-state index contributed by atoms with van der Waals surface area (Å²) in [5.41, 5.74) is 9.88. The van der Waals surface area contributed by atoms with Crippen LogP contribution in [0.3, 0.4) is 0 Å². The first-order valence-electron chi connectivity index (χ1n) is 8.30. The number of aliphatic hydroxyl groups excluding tert-OH is 1. The van der Waals surface area contributed by atoms with E-state index >= 15 is 0 Å². The second-order valence-electron chi connectivity index (χ2n) is 5.83. The minimum Gasteiger partial charge on any atom is -0.467 e. The molecule has 3 rings (SSSR count). The highest BCUT2D eigenvalue weighted by molar-refractivity contribution is 5.81. The van der Waals surface area contributed by atoms with Crippen LogP contribution >= 0.6 is 0 Å². The third kappa shape index (κ3) is 3.90. The summed E-state index contributed by atoms with van der Waals surface area (Å²) >= 11 is 0. The summed E-state index contributed by atoms with van der Waals surface area (Å²) in [7, 11) is 1.55. The predicted molar refractivity (Wildman–Crippen MR) is 103 cm³/mol. The standard InChI is InChI=1S/C21H19N3O3/c1-26-13-27-20-8-3-2-7-16(20)19-10-17(18(11-22)21(23)24-19)15-6-4-5-14(9-15)12-25/h2-10,25H,12-13H2,1H3,(H2,23,24). The summed E-state index contributed by atoms with van der Waals surface area (Å²) in [5.74, 6) is 0.743. The van der Waals surface area contributed by atoms with E-state index in [0.29, 0.717) is 22.6 Å². The average Bonchev–Trinajstić information content (AvgIpc) is 2.72. The van der Waals surface area contributed by atoms with Crippen molar-refractivity contribution in [2.75, 3.05) is 19.6 Å². The lowest BCUT2D eigenvalue weighted by Gasteiger charge is -2.14. The molecule has 1 aromatic heterocycles. The first-order valence-corrected chi connectivity index (χ1v) is 8.30. The van der Waals surface area contributed by atoms with Gasteiger partial charge in [-0.15, -0.1) is 0 Å². The Hall–Kier alpha value is -3.40. The number of pyridine rings is 1. The monoisotopic (exact) mass is 361 g/mol. The topological polar surface area (TPSA) is 101 Å². The van der Waals surface area contributed by atoms with Gasteiger partial charge in [-0.2, -0.15) is 5.26 Å². The van der Waals surface area contributed by atoms with E-state index in [0.717, 1.165) is 16.7 Å². The zero-order chi connectivity index (χ0) is 19.2. The number of aliphatic hydroxyl groups is 1. The van der Waals surface area contributed by atoms with Crippen molar-refractivity contribution < 1.29 is 14.6 Å². The van der Waals surface area contributed by atoms with Gasteiger partial charge in [0.1, 0.15) is 23.2 Å². The number of nitrogens with two attached hydrogens (primary N) is 1. The van der Waals surface area contributed by atoms with Crippen LogP contribution < -0.4 is 10.5 Å². The van der Waals surface area contributed by atoms with Gasteiger partial charge in [-0.05, 0) is 35.4 Å². The predicted octanol–water partition coefficient (Wildman–Crippen LogP) is 3.34. The summed E-state index contributed by atoms with van der Waals surface area (Å²) in [6.45, 7) is 0.0189. The summed E-state index contributed by atoms with van der Waals surface area (Å²) in [4.78, 5) is 4.40. The minimum absolute atomic E-state index is 0.0865. The lowest BCUT2D eigenvalue weighted by atomic mass is 9.97. The molecule has 6 heteroatoms. The number of ether oxygens (including phenoxy) is 2. The Kier molecular flexibility index (Phi) is 5.67. The lowest BCUT2D eigenvalue weighted by Crippen LogP contribution is -2.03. The highest BCUT2D eigenvalue weighted by Crippen LogP contribution is 2.35. The summed E-state index contributed by atoms with van der Waals surface area (Å²) in [6, 6.07) is 18.7. The molecule has 0 spiro atoms. The highest BCUT2D eigenvalue weighted by Gasteiger charge is 2.16. The molecule has 136 valence electrons. The van der Waals surface area contributed by atoms with Crippen LogP contribution in [0.15, 0.2) is 54.6 Å². The van der Waals surface area contributed by atoms with Gasteiger partial charge < -0.3 is 20.3 Å². The number of nitrogens with zero attached hydrogens (tertiary/aromatic N) is 2. The molecule has 3 aromatic rings. The van der Waals surface area contributed by atoms with Crippen LogP contribution in [-0.2, 0) is 11.3 Å². The molecular formula is C21H19N3O3. The van der Waals surface area contributed by atoms with Crippen molar-refractivity contribution in [3.63, 3.8) is 0 Å². The molecule has 0 unspecified atom stereocenters. The average molecular weight is 361 g/mol. The molecule has 0 atom stereocenters. The third-order valence-electron chi connectivity index (χ3n) is 4.08. The van der Waals surface area contributed by atoms with Crippen LogP contribution in [0.4, 0.5) is 5.82 Å². The molecule has 3 N–H and O–H groups in total. The van der Waals surface area contributed by atoms with Crippen LogP contribution in [0.5, 0.6) is 5.75 Å². The van der Waals surface area contributed by atoms with E-state index < -0.39 is 0 Å². The number of methoxy groups -OCH3 is 1. The molecule has 0 radical (unpaired) electrons. The number of benzene rings is 2. The number of nitrogen functional groups attached to an aromatic ring is 1. The van der Waals surface area contributed by atoms with Crippen LogP contribution in [-0.4, -0.2) is 24.0 Å². The van der Waals surface area contributed by atoms with Crippen LogP contribution in [0.2, 0.25) is 0 Å². The number of nitriles is 1. The van der Waals surface area contributed by atoms with E-state index in [2.05, 4.69) is 11.1 Å². The largest absolute Gasteiger partial charge is 0.467 e. The molecule has 1 heterocycles. The van der Waals surface area contributed by atoms with Gasteiger partial charge in [0.2, 0.25) is 0 Å². The molecule has 0 aliphatic rings. The fraction of sp³-hybridized carbons (Fsp3) is 0.143. The van der Waals surface area contributed by atoms with Crippen molar-refractivity contribution in [2.45, 2.75) is 6.61 Å². The lowest BCUT2D eigenvalue weighted by molar-refractivity contribution is 0.0515. The van der Waals surface area contributed by atoms with Gasteiger partial charge in [0.15, 0.2) is 6.79 Å². The normalized spacial score (nSPS) is 10.4. The molecule has 0 bridgehead atoms. The molecule has 0 aliphatic heterocycles. The van der Waals surface area contributed by atoms with E-state index in [1.54, 1.807) is 13.2 Å². The van der Waals surface area contributed by atoms with Crippen molar-refractivity contribution in [3.05, 3.63) is 65.7 Å². The van der Waals surface area contributed by atoms with Crippen molar-refractivity contribution >= 4 is 5.82 Å². The van der Waals surface area contributed by atoms with Gasteiger partial charge in [-0.1, -0.05) is 30.3 Å². The van der Waals surface area contributed by atoms with E-state index in [1.807, 2.05) is 48.5 Å². The molecule has 6 nitrogen and oxygen atoms in total. The number of hydrogen-bond donors (Lipinski definition) is 2. The maximum Gasteiger partial charge on any atom is 0.188 e. The Morgan fingerprint density at radius 1 is 1.11 bits per heavy atom. The van der Waals surface area contributed by atoms with Gasteiger partial charge in [0.25, 0.3) is 0 Å². The van der Waals surface area contributed by atoms with E-state index in [1.165, 1.54) is 0 Å². The van der Waals surface area contributed by atoms with E-state index in [4.69, 9.17) is 15.2 Å². The fourth-order valence-corrected chi connectivity index (χ4v) is 2.81. The molecule has 2 aromatic carbocycles. The zero-order valence-corrected chi connectivity index (χ0v) is 14.8. The second kappa shape index (κ2) is 8.32. The molecular weight excluding hydrogens is 342 g/mol. The van der Waals surface area contributed by atoms with Gasteiger partial charge in [-0.3, -0.25) is 0 Å². The number of para-hydroxylation sites is 1. The van der Waals surface area contributed by atoms with Gasteiger partial charge in [0.05, 0.1) is 12.3 Å². The summed E-state index contributed by atoms with van der Waals surface area (Å²) in [5, 5.41) is 19.0. The van der Waals surface area contributed by atoms with Crippen LogP contribution in [0.25, 0.3) is 22.4 Å². The second-order valence-corrected chi connectivity index (χ2v) is 5.83. The Morgan fingerprint density at radius 2 is 1.93 bits per heavy atom. The first-order chi connectivity index (χ1) is 13.2. The molecule has 0 aliphatic carbocycles. The Bertz CT molecular complexity index is 996. The van der Waals surface area contributed by atoms with Gasteiger partial charge >= 0.3 is 0 Å². The van der Waals surface area contributed by atoms with Crippen molar-refractivity contribution in [2.24, 2.45) is 0 Å². The quantitative estimate of drug-likeness (QED) is 0.653. The maximum absolute atomic E-state index is 9.56. The Morgan fingerprint density at radius 3 is 2.67 bits per heavy atom. The molecule has 0 amide bonds. The zero-order valence-electron chi connectivity index (χ0n) is 14.8. The smallest absolute Gasteiger partial charge is 0.188 e. The number of rotatable bonds is 6. The first kappa shape index (κ1) is 18.4. The van der Waals surface area contributed by atoms with Crippen molar-refractivity contribution in [1.82, 2.24) is 4.98 Å². The third-order valence-corrected chi connectivity index (χ3v) is 4.08. The van der Waals surface area contributed by atoms with E-state index in [-0.39, 0.29) is 19.2 Å².